The summed E-state index contributed by atoms with van der Waals surface area (Å²) >= 11 is 18.4. The van der Waals surface area contributed by atoms with Gasteiger partial charge in [-0.2, -0.15) is 9.41 Å². The highest BCUT2D eigenvalue weighted by Crippen LogP contribution is 2.28. The second-order valence-electron chi connectivity index (χ2n) is 6.96. The monoisotopic (exact) mass is 539 g/mol. The maximum absolute atomic E-state index is 13.3. The number of carbonyl (C=O) groups is 1. The first kappa shape index (κ1) is 26.0. The summed E-state index contributed by atoms with van der Waals surface area (Å²) < 4.78 is 32.9. The highest BCUT2D eigenvalue weighted by Gasteiger charge is 2.28. The molecule has 0 saturated carbocycles. The van der Waals surface area contributed by atoms with Crippen molar-refractivity contribution in [2.75, 3.05) is 13.7 Å². The first-order valence-corrected chi connectivity index (χ1v) is 12.4. The lowest BCUT2D eigenvalue weighted by atomic mass is 10.2. The van der Waals surface area contributed by atoms with Gasteiger partial charge in [-0.15, -0.1) is 0 Å². The molecule has 3 rings (SSSR count). The van der Waals surface area contributed by atoms with E-state index < -0.39 is 22.5 Å². The number of benzene rings is 3. The SMILES string of the molecule is COc1ccccc1/C=N\NC(=O)CN(Cc1c(Cl)cccc1Cl)S(=O)(=O)c1ccc(Cl)cc1. The van der Waals surface area contributed by atoms with Crippen molar-refractivity contribution in [1.29, 1.82) is 0 Å². The van der Waals surface area contributed by atoms with E-state index in [1.54, 1.807) is 42.5 Å². The van der Waals surface area contributed by atoms with Gasteiger partial charge < -0.3 is 4.74 Å². The van der Waals surface area contributed by atoms with Crippen LogP contribution in [0.3, 0.4) is 0 Å². The van der Waals surface area contributed by atoms with Crippen molar-refractivity contribution in [3.63, 3.8) is 0 Å². The van der Waals surface area contributed by atoms with E-state index in [-0.39, 0.29) is 21.5 Å². The number of nitrogens with one attached hydrogen (secondary N) is 1. The van der Waals surface area contributed by atoms with Gasteiger partial charge in [0.2, 0.25) is 10.0 Å². The number of sulfonamides is 1. The predicted molar refractivity (Wildman–Crippen MR) is 134 cm³/mol. The third-order valence-electron chi connectivity index (χ3n) is 4.70. The summed E-state index contributed by atoms with van der Waals surface area (Å²) in [7, 11) is -2.59. The Labute approximate surface area is 212 Å². The van der Waals surface area contributed by atoms with Gasteiger partial charge in [0.15, 0.2) is 0 Å². The van der Waals surface area contributed by atoms with Gasteiger partial charge in [0.25, 0.3) is 5.91 Å². The van der Waals surface area contributed by atoms with E-state index in [2.05, 4.69) is 10.5 Å². The highest BCUT2D eigenvalue weighted by atomic mass is 35.5. The van der Waals surface area contributed by atoms with E-state index in [1.165, 1.54) is 37.6 Å². The molecule has 0 radical (unpaired) electrons. The molecule has 0 atom stereocenters. The summed E-state index contributed by atoms with van der Waals surface area (Å²) in [4.78, 5) is 12.6. The van der Waals surface area contributed by atoms with Crippen molar-refractivity contribution in [2.24, 2.45) is 5.10 Å². The van der Waals surface area contributed by atoms with Gasteiger partial charge in [-0.3, -0.25) is 4.79 Å². The van der Waals surface area contributed by atoms with E-state index in [9.17, 15) is 13.2 Å². The number of halogens is 3. The van der Waals surface area contributed by atoms with E-state index >= 15 is 0 Å². The lowest BCUT2D eigenvalue weighted by molar-refractivity contribution is -0.121. The summed E-state index contributed by atoms with van der Waals surface area (Å²) in [5, 5.41) is 4.85. The number of ether oxygens (including phenoxy) is 1. The largest absolute Gasteiger partial charge is 0.496 e. The van der Waals surface area contributed by atoms with Crippen LogP contribution in [0.15, 0.2) is 76.7 Å². The van der Waals surface area contributed by atoms with Crippen LogP contribution in [0.1, 0.15) is 11.1 Å². The fraction of sp³-hybridized carbons (Fsp3) is 0.130. The van der Waals surface area contributed by atoms with Gasteiger partial charge >= 0.3 is 0 Å². The Bertz CT molecular complexity index is 1280. The van der Waals surface area contributed by atoms with Crippen LogP contribution in [0.25, 0.3) is 0 Å². The van der Waals surface area contributed by atoms with Gasteiger partial charge in [0, 0.05) is 32.7 Å². The van der Waals surface area contributed by atoms with E-state index in [1.807, 2.05) is 0 Å². The minimum absolute atomic E-state index is 0.0367. The van der Waals surface area contributed by atoms with Gasteiger partial charge in [0.05, 0.1) is 24.8 Å². The summed E-state index contributed by atoms with van der Waals surface area (Å²) in [5.74, 6) is -0.0901. The number of hydrazone groups is 1. The topological polar surface area (TPSA) is 88.1 Å². The lowest BCUT2D eigenvalue weighted by Gasteiger charge is -2.22. The van der Waals surface area contributed by atoms with Gasteiger partial charge in [-0.05, 0) is 48.5 Å². The van der Waals surface area contributed by atoms with Gasteiger partial charge in [-0.25, -0.2) is 13.8 Å². The zero-order valence-corrected chi connectivity index (χ0v) is 21.0. The van der Waals surface area contributed by atoms with Crippen LogP contribution in [0.4, 0.5) is 0 Å². The second-order valence-corrected chi connectivity index (χ2v) is 10.2. The number of carbonyl (C=O) groups excluding carboxylic acids is 1. The Kier molecular flexibility index (Phi) is 8.93. The molecule has 34 heavy (non-hydrogen) atoms. The molecule has 0 bridgehead atoms. The van der Waals surface area contributed by atoms with E-state index in [0.717, 1.165) is 4.31 Å². The van der Waals surface area contributed by atoms with Crippen molar-refractivity contribution in [1.82, 2.24) is 9.73 Å². The van der Waals surface area contributed by atoms with Crippen LogP contribution >= 0.6 is 34.8 Å². The molecule has 11 heteroatoms. The van der Waals surface area contributed by atoms with Gasteiger partial charge in [0.1, 0.15) is 5.75 Å². The molecule has 0 aliphatic rings. The van der Waals surface area contributed by atoms with E-state index in [0.29, 0.717) is 21.9 Å². The molecule has 1 amide bonds. The first-order valence-electron chi connectivity index (χ1n) is 9.86. The highest BCUT2D eigenvalue weighted by molar-refractivity contribution is 7.89. The molecule has 0 heterocycles. The normalized spacial score (nSPS) is 11.7. The van der Waals surface area contributed by atoms with Crippen LogP contribution in [0.5, 0.6) is 5.75 Å². The lowest BCUT2D eigenvalue weighted by Crippen LogP contribution is -2.39. The Morgan fingerprint density at radius 1 is 1.00 bits per heavy atom. The molecule has 0 unspecified atom stereocenters. The summed E-state index contributed by atoms with van der Waals surface area (Å²) in [6, 6.07) is 17.5. The van der Waals surface area contributed by atoms with Gasteiger partial charge in [-0.1, -0.05) is 53.0 Å². The predicted octanol–water partition coefficient (Wildman–Crippen LogP) is 5.00. The maximum atomic E-state index is 13.3. The average molecular weight is 541 g/mol. The number of amides is 1. The molecule has 0 aliphatic carbocycles. The molecule has 0 spiro atoms. The van der Waals surface area contributed by atoms with Crippen molar-refractivity contribution < 1.29 is 17.9 Å². The van der Waals surface area contributed by atoms with Crippen LogP contribution in [0, 0.1) is 0 Å². The van der Waals surface area contributed by atoms with Crippen molar-refractivity contribution in [3.8, 4) is 5.75 Å². The molecule has 3 aromatic rings. The summed E-state index contributed by atoms with van der Waals surface area (Å²) in [6.45, 7) is -0.761. The summed E-state index contributed by atoms with van der Waals surface area (Å²) in [6.07, 6.45) is 1.40. The molecule has 0 aliphatic heterocycles. The third kappa shape index (κ3) is 6.49. The smallest absolute Gasteiger partial charge is 0.255 e. The summed E-state index contributed by atoms with van der Waals surface area (Å²) in [5.41, 5.74) is 3.35. The molecular formula is C23H20Cl3N3O4S. The minimum Gasteiger partial charge on any atom is -0.496 e. The number of hydrogen-bond acceptors (Lipinski definition) is 5. The quantitative estimate of drug-likeness (QED) is 0.306. The molecule has 0 aromatic heterocycles. The fourth-order valence-electron chi connectivity index (χ4n) is 2.98. The van der Waals surface area contributed by atoms with Crippen molar-refractivity contribution >= 4 is 56.9 Å². The standard InChI is InChI=1S/C23H20Cl3N3O4S/c1-33-22-8-3-2-5-16(22)13-27-28-23(30)15-29(14-19-20(25)6-4-7-21(19)26)34(31,32)18-11-9-17(24)10-12-18/h2-13H,14-15H2,1H3,(H,28,30)/b27-13-. The zero-order valence-electron chi connectivity index (χ0n) is 17.9. The molecule has 0 saturated heterocycles. The fourth-order valence-corrected chi connectivity index (χ4v) is 4.99. The van der Waals surface area contributed by atoms with Crippen molar-refractivity contribution in [3.05, 3.63) is 92.9 Å². The minimum atomic E-state index is -4.11. The zero-order chi connectivity index (χ0) is 24.7. The number of rotatable bonds is 9. The maximum Gasteiger partial charge on any atom is 0.255 e. The second kappa shape index (κ2) is 11.7. The number of hydrogen-bond donors (Lipinski definition) is 1. The average Bonchev–Trinajstić information content (AvgIpc) is 2.81. The van der Waals surface area contributed by atoms with Crippen LogP contribution in [-0.2, 0) is 21.4 Å². The molecular weight excluding hydrogens is 521 g/mol. The molecule has 178 valence electrons. The molecule has 0 fully saturated rings. The Morgan fingerprint density at radius 3 is 2.29 bits per heavy atom. The number of methoxy groups -OCH3 is 1. The molecule has 3 aromatic carbocycles. The Hall–Kier alpha value is -2.62. The Balaban J connectivity index is 1.85. The first-order chi connectivity index (χ1) is 16.2. The Morgan fingerprint density at radius 2 is 1.65 bits per heavy atom. The van der Waals surface area contributed by atoms with Crippen molar-refractivity contribution in [2.45, 2.75) is 11.4 Å². The third-order valence-corrected chi connectivity index (χ3v) is 7.47. The number of para-hydroxylation sites is 1. The molecule has 7 nitrogen and oxygen atoms in total. The number of nitrogens with zero attached hydrogens (tertiary/aromatic N) is 2. The van der Waals surface area contributed by atoms with E-state index in [4.69, 9.17) is 39.5 Å². The molecule has 1 N–H and O–H groups in total. The van der Waals surface area contributed by atoms with Crippen LogP contribution in [-0.4, -0.2) is 38.5 Å². The van der Waals surface area contributed by atoms with Crippen LogP contribution < -0.4 is 10.2 Å². The van der Waals surface area contributed by atoms with Crippen LogP contribution in [0.2, 0.25) is 15.1 Å².